The number of carbonyl (C=O) groups excluding carboxylic acids is 2. The van der Waals surface area contributed by atoms with E-state index in [2.05, 4.69) is 0 Å². The average Bonchev–Trinajstić information content (AvgIpc) is 2.75. The molecule has 1 aliphatic rings. The first-order valence-corrected chi connectivity index (χ1v) is 7.46. The number of hydrogen-bond donors (Lipinski definition) is 0. The monoisotopic (exact) mass is 373 g/mol. The highest BCUT2D eigenvalue weighted by molar-refractivity contribution is 6.52. The maximum Gasteiger partial charge on any atom is 0.418 e. The molecular weight excluding hydrogens is 366 g/mol. The quantitative estimate of drug-likeness (QED) is 0.712. The van der Waals surface area contributed by atoms with E-state index in [1.807, 2.05) is 0 Å². The Balaban J connectivity index is 2.09. The number of alkyl halides is 3. The molecule has 2 aromatic rings. The van der Waals surface area contributed by atoms with Crippen LogP contribution in [0.1, 0.15) is 21.5 Å². The molecule has 0 N–H and O–H groups in total. The van der Waals surface area contributed by atoms with E-state index in [1.165, 1.54) is 24.3 Å². The molecule has 0 aromatic heterocycles. The van der Waals surface area contributed by atoms with Crippen molar-refractivity contribution < 1.29 is 22.8 Å². The molecule has 0 radical (unpaired) electrons. The second-order valence-corrected chi connectivity index (χ2v) is 5.98. The number of anilines is 1. The molecule has 124 valence electrons. The Morgan fingerprint density at radius 2 is 1.71 bits per heavy atom. The number of carbonyl (C=O) groups is 2. The van der Waals surface area contributed by atoms with Crippen LogP contribution in [0.4, 0.5) is 18.9 Å². The van der Waals surface area contributed by atoms with Gasteiger partial charge in [0.25, 0.3) is 11.7 Å². The summed E-state index contributed by atoms with van der Waals surface area (Å²) in [6.45, 7) is -0.221. The Hall–Kier alpha value is -2.05. The van der Waals surface area contributed by atoms with Crippen LogP contribution in [0.15, 0.2) is 36.4 Å². The fourth-order valence-electron chi connectivity index (χ4n) is 2.56. The van der Waals surface area contributed by atoms with Gasteiger partial charge in [0.05, 0.1) is 33.4 Å². The van der Waals surface area contributed by atoms with Gasteiger partial charge in [-0.2, -0.15) is 13.2 Å². The molecule has 0 saturated carbocycles. The van der Waals surface area contributed by atoms with Crippen molar-refractivity contribution in [2.24, 2.45) is 0 Å². The van der Waals surface area contributed by atoms with E-state index in [-0.39, 0.29) is 22.2 Å². The van der Waals surface area contributed by atoms with E-state index in [1.54, 1.807) is 0 Å². The molecule has 0 atom stereocenters. The molecule has 0 aliphatic carbocycles. The summed E-state index contributed by atoms with van der Waals surface area (Å²) in [7, 11) is 0. The van der Waals surface area contributed by atoms with Crippen molar-refractivity contribution in [3.63, 3.8) is 0 Å². The molecule has 3 nitrogen and oxygen atoms in total. The summed E-state index contributed by atoms with van der Waals surface area (Å²) in [5, 5.41) is 0.483. The Kier molecular flexibility index (Phi) is 4.05. The highest BCUT2D eigenvalue weighted by atomic mass is 35.5. The van der Waals surface area contributed by atoms with Gasteiger partial charge in [0.1, 0.15) is 0 Å². The van der Waals surface area contributed by atoms with Crippen LogP contribution in [0.5, 0.6) is 0 Å². The first-order chi connectivity index (χ1) is 11.2. The second kappa shape index (κ2) is 5.79. The van der Waals surface area contributed by atoms with Crippen LogP contribution in [-0.2, 0) is 17.5 Å². The van der Waals surface area contributed by atoms with Gasteiger partial charge < -0.3 is 0 Å². The summed E-state index contributed by atoms with van der Waals surface area (Å²) < 4.78 is 39.7. The van der Waals surface area contributed by atoms with Gasteiger partial charge >= 0.3 is 6.18 Å². The van der Waals surface area contributed by atoms with Crippen molar-refractivity contribution in [2.45, 2.75) is 12.7 Å². The molecule has 2 aromatic carbocycles. The summed E-state index contributed by atoms with van der Waals surface area (Å²) in [6.07, 6.45) is -4.69. The lowest BCUT2D eigenvalue weighted by molar-refractivity contribution is -0.137. The van der Waals surface area contributed by atoms with E-state index < -0.39 is 29.1 Å². The third kappa shape index (κ3) is 2.76. The zero-order valence-electron chi connectivity index (χ0n) is 11.8. The van der Waals surface area contributed by atoms with E-state index >= 15 is 0 Å². The SMILES string of the molecule is O=C1C(=O)N(Cc2ccc(Cl)c(Cl)c2)c2c1cccc2C(F)(F)F. The highest BCUT2D eigenvalue weighted by Gasteiger charge is 2.44. The third-order valence-electron chi connectivity index (χ3n) is 3.62. The van der Waals surface area contributed by atoms with Crippen molar-refractivity contribution >= 4 is 40.6 Å². The molecule has 0 bridgehead atoms. The summed E-state index contributed by atoms with van der Waals surface area (Å²) in [5.74, 6) is -1.97. The van der Waals surface area contributed by atoms with Crippen molar-refractivity contribution in [2.75, 3.05) is 4.90 Å². The third-order valence-corrected chi connectivity index (χ3v) is 4.36. The van der Waals surface area contributed by atoms with E-state index in [0.717, 1.165) is 17.0 Å². The van der Waals surface area contributed by atoms with Gasteiger partial charge in [-0.05, 0) is 29.8 Å². The Bertz CT molecular complexity index is 865. The van der Waals surface area contributed by atoms with Gasteiger partial charge in [-0.15, -0.1) is 0 Å². The number of Topliss-reactive ketones (excluding diaryl/α,β-unsaturated/α-hetero) is 1. The minimum atomic E-state index is -4.69. The average molecular weight is 374 g/mol. The van der Waals surface area contributed by atoms with Gasteiger partial charge in [-0.1, -0.05) is 35.3 Å². The van der Waals surface area contributed by atoms with Crippen molar-refractivity contribution in [1.29, 1.82) is 0 Å². The number of nitrogens with zero attached hydrogens (tertiary/aromatic N) is 1. The van der Waals surface area contributed by atoms with Crippen LogP contribution in [0.2, 0.25) is 10.0 Å². The smallest absolute Gasteiger partial charge is 0.300 e. The number of rotatable bonds is 2. The molecule has 0 spiro atoms. The van der Waals surface area contributed by atoms with Crippen LogP contribution < -0.4 is 4.90 Å². The van der Waals surface area contributed by atoms with E-state index in [0.29, 0.717) is 5.56 Å². The Labute approximate surface area is 144 Å². The molecule has 24 heavy (non-hydrogen) atoms. The predicted molar refractivity (Wildman–Crippen MR) is 83.4 cm³/mol. The molecular formula is C16H8Cl2F3NO2. The van der Waals surface area contributed by atoms with Gasteiger partial charge in [0.15, 0.2) is 0 Å². The van der Waals surface area contributed by atoms with E-state index in [4.69, 9.17) is 23.2 Å². The van der Waals surface area contributed by atoms with E-state index in [9.17, 15) is 22.8 Å². The Morgan fingerprint density at radius 3 is 2.33 bits per heavy atom. The standard InChI is InChI=1S/C16H8Cl2F3NO2/c17-11-5-4-8(6-12(11)18)7-22-13-9(14(23)15(22)24)2-1-3-10(13)16(19,20)21/h1-6H,7H2. The minimum Gasteiger partial charge on any atom is -0.300 e. The van der Waals surface area contributed by atoms with Crippen LogP contribution in [-0.4, -0.2) is 11.7 Å². The number of amides is 1. The Morgan fingerprint density at radius 1 is 1.00 bits per heavy atom. The lowest BCUT2D eigenvalue weighted by Crippen LogP contribution is -2.30. The molecule has 1 heterocycles. The number of halogens is 5. The van der Waals surface area contributed by atoms with Crippen molar-refractivity contribution in [3.05, 3.63) is 63.1 Å². The first-order valence-electron chi connectivity index (χ1n) is 6.70. The molecule has 0 saturated heterocycles. The number of para-hydroxylation sites is 1. The largest absolute Gasteiger partial charge is 0.418 e. The summed E-state index contributed by atoms with van der Waals surface area (Å²) in [5.41, 5.74) is -1.25. The van der Waals surface area contributed by atoms with Crippen LogP contribution >= 0.6 is 23.2 Å². The number of fused-ring (bicyclic) bond motifs is 1. The molecule has 3 rings (SSSR count). The normalized spacial score (nSPS) is 14.3. The van der Waals surface area contributed by atoms with Crippen molar-refractivity contribution in [1.82, 2.24) is 0 Å². The summed E-state index contributed by atoms with van der Waals surface area (Å²) in [6, 6.07) is 7.59. The van der Waals surface area contributed by atoms with Gasteiger partial charge in [0, 0.05) is 0 Å². The topological polar surface area (TPSA) is 37.4 Å². The zero-order chi connectivity index (χ0) is 17.6. The van der Waals surface area contributed by atoms with Crippen LogP contribution in [0, 0.1) is 0 Å². The predicted octanol–water partition coefficient (Wildman–Crippen LogP) is 4.74. The molecule has 0 unspecified atom stereocenters. The summed E-state index contributed by atoms with van der Waals surface area (Å²) in [4.78, 5) is 25.0. The maximum atomic E-state index is 13.2. The molecule has 1 amide bonds. The fraction of sp³-hybridized carbons (Fsp3) is 0.125. The minimum absolute atomic E-state index is 0.205. The molecule has 1 aliphatic heterocycles. The zero-order valence-corrected chi connectivity index (χ0v) is 13.3. The molecule has 8 heteroatoms. The van der Waals surface area contributed by atoms with Crippen LogP contribution in [0.3, 0.4) is 0 Å². The number of benzene rings is 2. The lowest BCUT2D eigenvalue weighted by Gasteiger charge is -2.21. The van der Waals surface area contributed by atoms with Gasteiger partial charge in [0.2, 0.25) is 0 Å². The fourth-order valence-corrected chi connectivity index (χ4v) is 2.88. The highest BCUT2D eigenvalue weighted by Crippen LogP contribution is 2.42. The number of ketones is 1. The summed E-state index contributed by atoms with van der Waals surface area (Å²) >= 11 is 11.7. The van der Waals surface area contributed by atoms with Gasteiger partial charge in [-0.3, -0.25) is 14.5 Å². The maximum absolute atomic E-state index is 13.2. The first kappa shape index (κ1) is 16.8. The molecule has 0 fully saturated rings. The second-order valence-electron chi connectivity index (χ2n) is 5.17. The van der Waals surface area contributed by atoms with Gasteiger partial charge in [-0.25, -0.2) is 0 Å². The number of hydrogen-bond acceptors (Lipinski definition) is 2. The van der Waals surface area contributed by atoms with Crippen molar-refractivity contribution in [3.8, 4) is 0 Å². The van der Waals surface area contributed by atoms with Crippen LogP contribution in [0.25, 0.3) is 0 Å². The lowest BCUT2D eigenvalue weighted by atomic mass is 10.1.